The summed E-state index contributed by atoms with van der Waals surface area (Å²) in [6, 6.07) is 3.71. The summed E-state index contributed by atoms with van der Waals surface area (Å²) in [5, 5.41) is 10.8. The Bertz CT molecular complexity index is 572. The number of rotatable bonds is 5. The number of aromatic nitrogens is 3. The van der Waals surface area contributed by atoms with Crippen LogP contribution in [0.4, 0.5) is 10.9 Å². The molecule has 0 radical (unpaired) electrons. The van der Waals surface area contributed by atoms with Crippen molar-refractivity contribution in [2.45, 2.75) is 17.7 Å². The van der Waals surface area contributed by atoms with E-state index in [0.29, 0.717) is 23.1 Å². The molecule has 2 aromatic rings. The Hall–Kier alpha value is -1.67. The fourth-order valence-electron chi connectivity index (χ4n) is 1.32. The number of hydrogen-bond acceptors (Lipinski definition) is 7. The van der Waals surface area contributed by atoms with Gasteiger partial charge in [0.05, 0.1) is 0 Å². The number of anilines is 2. The molecule has 0 aliphatic rings. The normalized spacial score (nSPS) is 10.4. The van der Waals surface area contributed by atoms with E-state index in [9.17, 15) is 4.79 Å². The largest absolute Gasteiger partial charge is 0.374 e. The van der Waals surface area contributed by atoms with Gasteiger partial charge in [-0.3, -0.25) is 4.79 Å². The van der Waals surface area contributed by atoms with Crippen molar-refractivity contribution in [1.29, 1.82) is 0 Å². The van der Waals surface area contributed by atoms with Gasteiger partial charge in [0.1, 0.15) is 5.82 Å². The molecule has 8 heteroatoms. The van der Waals surface area contributed by atoms with E-state index in [2.05, 4.69) is 20.5 Å². The Morgan fingerprint density at radius 3 is 3.05 bits per heavy atom. The van der Waals surface area contributed by atoms with Gasteiger partial charge in [-0.05, 0) is 24.6 Å². The molecule has 0 fully saturated rings. The molecular formula is C11H13N5OS2. The summed E-state index contributed by atoms with van der Waals surface area (Å²) in [4.78, 5) is 15.8. The van der Waals surface area contributed by atoms with Crippen LogP contribution in [0.1, 0.15) is 12.0 Å². The van der Waals surface area contributed by atoms with E-state index < -0.39 is 0 Å². The zero-order valence-corrected chi connectivity index (χ0v) is 11.9. The summed E-state index contributed by atoms with van der Waals surface area (Å²) in [7, 11) is 0. The van der Waals surface area contributed by atoms with Crippen LogP contribution < -0.4 is 11.1 Å². The number of nitrogen functional groups attached to an aromatic ring is 1. The number of nitrogens with one attached hydrogen (secondary N) is 1. The van der Waals surface area contributed by atoms with Crippen molar-refractivity contribution in [2.75, 3.05) is 16.8 Å². The fourth-order valence-corrected chi connectivity index (χ4v) is 2.96. The predicted octanol–water partition coefficient (Wildman–Crippen LogP) is 1.94. The Balaban J connectivity index is 1.76. The molecule has 2 aromatic heterocycles. The highest BCUT2D eigenvalue weighted by Crippen LogP contribution is 2.23. The number of pyridine rings is 1. The first-order chi connectivity index (χ1) is 9.13. The second-order valence-electron chi connectivity index (χ2n) is 3.77. The molecule has 0 spiro atoms. The lowest BCUT2D eigenvalue weighted by atomic mass is 10.3. The van der Waals surface area contributed by atoms with Crippen molar-refractivity contribution < 1.29 is 4.79 Å². The third-order valence-electron chi connectivity index (χ3n) is 2.16. The zero-order chi connectivity index (χ0) is 13.7. The van der Waals surface area contributed by atoms with Gasteiger partial charge in [0.25, 0.3) is 0 Å². The number of hydrogen-bond donors (Lipinski definition) is 2. The first-order valence-electron chi connectivity index (χ1n) is 5.58. The van der Waals surface area contributed by atoms with E-state index in [4.69, 9.17) is 5.73 Å². The predicted molar refractivity (Wildman–Crippen MR) is 77.3 cm³/mol. The first kappa shape index (κ1) is 13.8. The lowest BCUT2D eigenvalue weighted by Crippen LogP contribution is -2.13. The summed E-state index contributed by atoms with van der Waals surface area (Å²) in [5.41, 5.74) is 6.53. The number of carbonyl (C=O) groups is 1. The number of amides is 1. The topological polar surface area (TPSA) is 93.8 Å². The summed E-state index contributed by atoms with van der Waals surface area (Å²) in [6.07, 6.45) is 2.06. The van der Waals surface area contributed by atoms with E-state index >= 15 is 0 Å². The Morgan fingerprint density at radius 2 is 2.37 bits per heavy atom. The molecule has 0 atom stereocenters. The van der Waals surface area contributed by atoms with Crippen LogP contribution >= 0.6 is 23.1 Å². The first-order valence-corrected chi connectivity index (χ1v) is 7.38. The molecular weight excluding hydrogens is 282 g/mol. The third-order valence-corrected chi connectivity index (χ3v) is 4.05. The molecule has 100 valence electrons. The van der Waals surface area contributed by atoms with Crippen molar-refractivity contribution in [1.82, 2.24) is 15.2 Å². The monoisotopic (exact) mass is 295 g/mol. The molecule has 2 heterocycles. The van der Waals surface area contributed by atoms with Gasteiger partial charge < -0.3 is 11.1 Å². The summed E-state index contributed by atoms with van der Waals surface area (Å²) < 4.78 is 0.777. The minimum absolute atomic E-state index is 0.0666. The molecule has 19 heavy (non-hydrogen) atoms. The lowest BCUT2D eigenvalue weighted by molar-refractivity contribution is -0.115. The zero-order valence-electron chi connectivity index (χ0n) is 10.3. The quantitative estimate of drug-likeness (QED) is 0.819. The molecule has 0 aliphatic heterocycles. The van der Waals surface area contributed by atoms with Gasteiger partial charge in [-0.2, -0.15) is 0 Å². The van der Waals surface area contributed by atoms with Gasteiger partial charge >= 0.3 is 0 Å². The summed E-state index contributed by atoms with van der Waals surface area (Å²) >= 11 is 2.79. The van der Waals surface area contributed by atoms with Gasteiger partial charge in [-0.25, -0.2) is 4.98 Å². The smallest absolute Gasteiger partial charge is 0.226 e. The molecule has 0 saturated heterocycles. The number of nitrogens with zero attached hydrogens (tertiary/aromatic N) is 3. The van der Waals surface area contributed by atoms with Crippen LogP contribution in [0.25, 0.3) is 0 Å². The van der Waals surface area contributed by atoms with E-state index in [0.717, 1.165) is 9.90 Å². The van der Waals surface area contributed by atoms with Crippen LogP contribution in [-0.4, -0.2) is 26.8 Å². The fraction of sp³-hybridized carbons (Fsp3) is 0.273. The number of thioether (sulfide) groups is 1. The van der Waals surface area contributed by atoms with E-state index in [-0.39, 0.29) is 5.91 Å². The minimum Gasteiger partial charge on any atom is -0.374 e. The molecule has 0 aliphatic carbocycles. The summed E-state index contributed by atoms with van der Waals surface area (Å²) in [5.74, 6) is 1.14. The molecule has 2 rings (SSSR count). The van der Waals surface area contributed by atoms with Gasteiger partial charge in [-0.15, -0.1) is 10.2 Å². The van der Waals surface area contributed by atoms with Crippen molar-refractivity contribution >= 4 is 40.0 Å². The molecule has 3 N–H and O–H groups in total. The molecule has 0 bridgehead atoms. The average Bonchev–Trinajstić information content (AvgIpc) is 2.75. The molecule has 1 amide bonds. The van der Waals surface area contributed by atoms with Crippen LogP contribution in [0.3, 0.4) is 0 Å². The average molecular weight is 295 g/mol. The highest BCUT2D eigenvalue weighted by molar-refractivity contribution is 8.01. The number of aryl methyl sites for hydroxylation is 1. The third kappa shape index (κ3) is 4.49. The maximum atomic E-state index is 11.7. The van der Waals surface area contributed by atoms with Crippen LogP contribution in [-0.2, 0) is 4.79 Å². The van der Waals surface area contributed by atoms with E-state index in [1.165, 1.54) is 23.1 Å². The molecule has 6 nitrogen and oxygen atoms in total. The second-order valence-corrected chi connectivity index (χ2v) is 6.12. The Morgan fingerprint density at radius 1 is 1.53 bits per heavy atom. The van der Waals surface area contributed by atoms with Gasteiger partial charge in [0.2, 0.25) is 11.0 Å². The SMILES string of the molecule is Cc1ccnc(NC(=O)CCSc2nnc(N)s2)c1. The van der Waals surface area contributed by atoms with Crippen LogP contribution in [0.15, 0.2) is 22.7 Å². The Kier molecular flexibility index (Phi) is 4.69. The lowest BCUT2D eigenvalue weighted by Gasteiger charge is -2.04. The summed E-state index contributed by atoms with van der Waals surface area (Å²) in [6.45, 7) is 1.95. The van der Waals surface area contributed by atoms with Crippen molar-refractivity contribution in [3.8, 4) is 0 Å². The molecule has 0 aromatic carbocycles. The minimum atomic E-state index is -0.0666. The standard InChI is InChI=1S/C11H13N5OS2/c1-7-2-4-13-8(6-7)14-9(17)3-5-18-11-16-15-10(12)19-11/h2,4,6H,3,5H2,1H3,(H2,12,15)(H,13,14,17). The van der Waals surface area contributed by atoms with Gasteiger partial charge in [0.15, 0.2) is 4.34 Å². The Labute approximate surface area is 118 Å². The van der Waals surface area contributed by atoms with Gasteiger partial charge in [0, 0.05) is 18.4 Å². The van der Waals surface area contributed by atoms with E-state index in [1.807, 2.05) is 19.1 Å². The van der Waals surface area contributed by atoms with Crippen molar-refractivity contribution in [2.24, 2.45) is 0 Å². The van der Waals surface area contributed by atoms with Crippen molar-refractivity contribution in [3.05, 3.63) is 23.9 Å². The van der Waals surface area contributed by atoms with E-state index in [1.54, 1.807) is 6.20 Å². The van der Waals surface area contributed by atoms with Crippen molar-refractivity contribution in [3.63, 3.8) is 0 Å². The van der Waals surface area contributed by atoms with Crippen LogP contribution in [0, 0.1) is 6.92 Å². The maximum absolute atomic E-state index is 11.7. The second kappa shape index (κ2) is 6.48. The highest BCUT2D eigenvalue weighted by Gasteiger charge is 2.06. The van der Waals surface area contributed by atoms with Crippen LogP contribution in [0.2, 0.25) is 0 Å². The molecule has 0 unspecified atom stereocenters. The highest BCUT2D eigenvalue weighted by atomic mass is 32.2. The van der Waals surface area contributed by atoms with Gasteiger partial charge in [-0.1, -0.05) is 23.1 Å². The molecule has 0 saturated carbocycles. The number of carbonyl (C=O) groups excluding carboxylic acids is 1. The number of nitrogens with two attached hydrogens (primary N) is 1. The maximum Gasteiger partial charge on any atom is 0.226 e. The van der Waals surface area contributed by atoms with Crippen LogP contribution in [0.5, 0.6) is 0 Å².